The zero-order valence-electron chi connectivity index (χ0n) is 11.1. The quantitative estimate of drug-likeness (QED) is 0.863. The number of aromatic nitrogens is 2. The Morgan fingerprint density at radius 3 is 2.52 bits per heavy atom. The van der Waals surface area contributed by atoms with E-state index in [4.69, 9.17) is 0 Å². The summed E-state index contributed by atoms with van der Waals surface area (Å²) in [5, 5.41) is 6.68. The molecule has 1 heterocycles. The first-order valence-electron chi connectivity index (χ1n) is 6.40. The summed E-state index contributed by atoms with van der Waals surface area (Å²) in [7, 11) is 0. The summed E-state index contributed by atoms with van der Waals surface area (Å²) in [5.74, 6) is -0.385. The lowest BCUT2D eigenvalue weighted by atomic mass is 10.1. The molecule has 0 saturated heterocycles. The van der Waals surface area contributed by atoms with Crippen LogP contribution in [0.25, 0.3) is 0 Å². The van der Waals surface area contributed by atoms with Gasteiger partial charge < -0.3 is 5.32 Å². The minimum atomic E-state index is -4.39. The van der Waals surface area contributed by atoms with Gasteiger partial charge in [-0.25, -0.2) is 0 Å². The number of hydrogen-bond acceptors (Lipinski definition) is 2. The summed E-state index contributed by atoms with van der Waals surface area (Å²) in [5.41, 5.74) is -0.556. The second-order valence-corrected chi connectivity index (χ2v) is 4.45. The molecule has 0 bridgehead atoms. The van der Waals surface area contributed by atoms with Gasteiger partial charge in [-0.1, -0.05) is 0 Å². The third kappa shape index (κ3) is 4.34. The molecule has 7 heteroatoms. The molecule has 1 N–H and O–H groups in total. The number of carbonyl (C=O) groups is 1. The molecule has 2 rings (SSSR count). The third-order valence-electron chi connectivity index (χ3n) is 2.88. The van der Waals surface area contributed by atoms with E-state index < -0.39 is 11.7 Å². The van der Waals surface area contributed by atoms with Gasteiger partial charge in [0.2, 0.25) is 0 Å². The van der Waals surface area contributed by atoms with Crippen molar-refractivity contribution in [1.82, 2.24) is 15.1 Å². The van der Waals surface area contributed by atoms with Crippen molar-refractivity contribution in [3.63, 3.8) is 0 Å². The Morgan fingerprint density at radius 1 is 1.24 bits per heavy atom. The van der Waals surface area contributed by atoms with Crippen LogP contribution in [0.3, 0.4) is 0 Å². The molecule has 0 aliphatic rings. The van der Waals surface area contributed by atoms with Crippen LogP contribution in [0.1, 0.15) is 22.3 Å². The van der Waals surface area contributed by atoms with E-state index in [0.29, 0.717) is 19.5 Å². The fraction of sp³-hybridized carbons (Fsp3) is 0.286. The first kappa shape index (κ1) is 15.1. The van der Waals surface area contributed by atoms with Gasteiger partial charge in [0.25, 0.3) is 5.91 Å². The summed E-state index contributed by atoms with van der Waals surface area (Å²) in [6.07, 6.45) is -0.217. The molecule has 0 radical (unpaired) electrons. The molecule has 0 unspecified atom stereocenters. The van der Waals surface area contributed by atoms with Gasteiger partial charge in [-0.15, -0.1) is 0 Å². The Hall–Kier alpha value is -2.31. The normalized spacial score (nSPS) is 11.4. The van der Waals surface area contributed by atoms with Gasteiger partial charge >= 0.3 is 6.18 Å². The van der Waals surface area contributed by atoms with Gasteiger partial charge in [-0.2, -0.15) is 18.3 Å². The fourth-order valence-corrected chi connectivity index (χ4v) is 1.79. The van der Waals surface area contributed by atoms with Crippen LogP contribution >= 0.6 is 0 Å². The highest BCUT2D eigenvalue weighted by molar-refractivity contribution is 5.94. The van der Waals surface area contributed by atoms with Gasteiger partial charge in [0, 0.05) is 31.0 Å². The molecule has 21 heavy (non-hydrogen) atoms. The van der Waals surface area contributed by atoms with Crippen LogP contribution in [-0.2, 0) is 12.7 Å². The average molecular weight is 297 g/mol. The summed E-state index contributed by atoms with van der Waals surface area (Å²) in [4.78, 5) is 11.8. The minimum absolute atomic E-state index is 0.210. The van der Waals surface area contributed by atoms with Crippen molar-refractivity contribution in [3.05, 3.63) is 53.9 Å². The summed E-state index contributed by atoms with van der Waals surface area (Å²) < 4.78 is 38.9. The number of nitrogens with one attached hydrogen (secondary N) is 1. The lowest BCUT2D eigenvalue weighted by Gasteiger charge is -2.08. The van der Waals surface area contributed by atoms with Crippen molar-refractivity contribution in [2.45, 2.75) is 19.1 Å². The number of nitrogens with zero attached hydrogens (tertiary/aromatic N) is 2. The van der Waals surface area contributed by atoms with Gasteiger partial charge in [-0.05, 0) is 36.8 Å². The zero-order valence-corrected chi connectivity index (χ0v) is 11.1. The smallest absolute Gasteiger partial charge is 0.352 e. The van der Waals surface area contributed by atoms with E-state index in [1.165, 1.54) is 12.1 Å². The Kier molecular flexibility index (Phi) is 4.62. The molecule has 0 atom stereocenters. The van der Waals surface area contributed by atoms with Crippen LogP contribution in [0, 0.1) is 0 Å². The molecule has 0 saturated carbocycles. The summed E-state index contributed by atoms with van der Waals surface area (Å²) in [6, 6.07) is 5.95. The maximum Gasteiger partial charge on any atom is 0.416 e. The molecule has 0 aliphatic heterocycles. The maximum atomic E-state index is 12.4. The van der Waals surface area contributed by atoms with Gasteiger partial charge in [-0.3, -0.25) is 9.48 Å². The van der Waals surface area contributed by atoms with Gasteiger partial charge in [0.15, 0.2) is 0 Å². The van der Waals surface area contributed by atoms with Crippen molar-refractivity contribution >= 4 is 5.91 Å². The molecule has 4 nitrogen and oxygen atoms in total. The molecule has 1 aromatic carbocycles. The average Bonchev–Trinajstić information content (AvgIpc) is 2.96. The number of hydrogen-bond donors (Lipinski definition) is 1. The molecule has 0 fully saturated rings. The second-order valence-electron chi connectivity index (χ2n) is 4.45. The predicted octanol–water partition coefficient (Wildman–Crippen LogP) is 2.72. The Labute approximate surface area is 119 Å². The van der Waals surface area contributed by atoms with Crippen LogP contribution in [-0.4, -0.2) is 22.2 Å². The number of rotatable bonds is 5. The lowest BCUT2D eigenvalue weighted by Crippen LogP contribution is -2.25. The number of benzene rings is 1. The van der Waals surface area contributed by atoms with E-state index in [2.05, 4.69) is 10.4 Å². The highest BCUT2D eigenvalue weighted by Crippen LogP contribution is 2.28. The van der Waals surface area contributed by atoms with E-state index >= 15 is 0 Å². The van der Waals surface area contributed by atoms with E-state index in [9.17, 15) is 18.0 Å². The molecule has 112 valence electrons. The van der Waals surface area contributed by atoms with Crippen molar-refractivity contribution in [2.75, 3.05) is 6.54 Å². The minimum Gasteiger partial charge on any atom is -0.352 e. The van der Waals surface area contributed by atoms with E-state index in [0.717, 1.165) is 12.1 Å². The highest BCUT2D eigenvalue weighted by atomic mass is 19.4. The number of alkyl halides is 3. The molecule has 0 aliphatic carbocycles. The molecular weight excluding hydrogens is 283 g/mol. The Morgan fingerprint density at radius 2 is 1.95 bits per heavy atom. The maximum absolute atomic E-state index is 12.4. The molecule has 0 spiro atoms. The van der Waals surface area contributed by atoms with Crippen LogP contribution < -0.4 is 5.32 Å². The molecule has 2 aromatic rings. The molecular formula is C14H14F3N3O. The first-order chi connectivity index (χ1) is 9.97. The van der Waals surface area contributed by atoms with E-state index in [1.807, 2.05) is 6.20 Å². The fourth-order valence-electron chi connectivity index (χ4n) is 1.79. The van der Waals surface area contributed by atoms with Crippen molar-refractivity contribution in [2.24, 2.45) is 0 Å². The van der Waals surface area contributed by atoms with Gasteiger partial charge in [0.1, 0.15) is 0 Å². The third-order valence-corrected chi connectivity index (χ3v) is 2.88. The molecule has 1 aromatic heterocycles. The van der Waals surface area contributed by atoms with Crippen LogP contribution in [0.2, 0.25) is 0 Å². The van der Waals surface area contributed by atoms with E-state index in [-0.39, 0.29) is 11.5 Å². The topological polar surface area (TPSA) is 46.9 Å². The predicted molar refractivity (Wildman–Crippen MR) is 70.6 cm³/mol. The highest BCUT2D eigenvalue weighted by Gasteiger charge is 2.30. The first-order valence-corrected chi connectivity index (χ1v) is 6.40. The largest absolute Gasteiger partial charge is 0.416 e. The van der Waals surface area contributed by atoms with Crippen molar-refractivity contribution in [3.8, 4) is 0 Å². The SMILES string of the molecule is O=C(NCCCn1cccn1)c1ccc(C(F)(F)F)cc1. The summed E-state index contributed by atoms with van der Waals surface area (Å²) in [6.45, 7) is 1.10. The van der Waals surface area contributed by atoms with Crippen molar-refractivity contribution in [1.29, 1.82) is 0 Å². The zero-order chi connectivity index (χ0) is 15.3. The number of aryl methyl sites for hydroxylation is 1. The second kappa shape index (κ2) is 6.43. The van der Waals surface area contributed by atoms with Crippen molar-refractivity contribution < 1.29 is 18.0 Å². The van der Waals surface area contributed by atoms with Crippen LogP contribution in [0.4, 0.5) is 13.2 Å². The standard InChI is InChI=1S/C14H14F3N3O/c15-14(16,17)12-5-3-11(4-6-12)13(21)18-7-1-9-20-10-2-8-19-20/h2-6,8,10H,1,7,9H2,(H,18,21). The monoisotopic (exact) mass is 297 g/mol. The number of amides is 1. The number of halogens is 3. The lowest BCUT2D eigenvalue weighted by molar-refractivity contribution is -0.137. The summed E-state index contributed by atoms with van der Waals surface area (Å²) >= 11 is 0. The Bertz CT molecular complexity index is 577. The Balaban J connectivity index is 1.80. The van der Waals surface area contributed by atoms with Gasteiger partial charge in [0.05, 0.1) is 5.56 Å². The van der Waals surface area contributed by atoms with E-state index in [1.54, 1.807) is 16.9 Å². The molecule has 1 amide bonds. The van der Waals surface area contributed by atoms with Crippen LogP contribution in [0.15, 0.2) is 42.7 Å². The number of carbonyl (C=O) groups excluding carboxylic acids is 1. The van der Waals surface area contributed by atoms with Crippen LogP contribution in [0.5, 0.6) is 0 Å².